The van der Waals surface area contributed by atoms with E-state index in [4.69, 9.17) is 0 Å². The van der Waals surface area contributed by atoms with E-state index in [9.17, 15) is 0 Å². The number of benzene rings is 1. The molecule has 1 heterocycles. The molecule has 0 unspecified atom stereocenters. The van der Waals surface area contributed by atoms with Gasteiger partial charge in [-0.15, -0.1) is 0 Å². The zero-order chi connectivity index (χ0) is 8.39. The van der Waals surface area contributed by atoms with Gasteiger partial charge in [-0.25, -0.2) is 0 Å². The highest BCUT2D eigenvalue weighted by molar-refractivity contribution is 14.1. The fourth-order valence-electron chi connectivity index (χ4n) is 1.22. The Morgan fingerprint density at radius 3 is 3.08 bits per heavy atom. The van der Waals surface area contributed by atoms with Gasteiger partial charge in [0.05, 0.1) is 11.2 Å². The first-order valence-corrected chi connectivity index (χ1v) is 4.75. The van der Waals surface area contributed by atoms with E-state index in [1.54, 1.807) is 0 Å². The lowest BCUT2D eigenvalue weighted by Crippen LogP contribution is -1.97. The maximum absolute atomic E-state index is 4.19. The van der Waals surface area contributed by atoms with E-state index in [2.05, 4.69) is 42.7 Å². The van der Waals surface area contributed by atoms with Crippen molar-refractivity contribution in [3.05, 3.63) is 30.0 Å². The van der Waals surface area contributed by atoms with Gasteiger partial charge in [0, 0.05) is 34.8 Å². The summed E-state index contributed by atoms with van der Waals surface area (Å²) in [6.45, 7) is 0.796. The van der Waals surface area contributed by atoms with Crippen LogP contribution < -0.4 is 3.53 Å². The van der Waals surface area contributed by atoms with Crippen LogP contribution in [-0.4, -0.2) is 10.2 Å². The standard InChI is InChI=1S/C8H8IN3/c9-10-5-8-6-3-1-2-4-7(6)11-12-8/h1-4,10H,5H2,(H,11,12). The average molecular weight is 273 g/mol. The third-order valence-electron chi connectivity index (χ3n) is 1.78. The maximum atomic E-state index is 4.19. The Hall–Kier alpha value is -0.620. The third kappa shape index (κ3) is 1.32. The van der Waals surface area contributed by atoms with Crippen LogP contribution in [0.4, 0.5) is 0 Å². The number of nitrogens with zero attached hydrogens (tertiary/aromatic N) is 1. The molecule has 0 aliphatic rings. The number of fused-ring (bicyclic) bond motifs is 1. The zero-order valence-corrected chi connectivity index (χ0v) is 8.50. The van der Waals surface area contributed by atoms with Crippen LogP contribution in [0.2, 0.25) is 0 Å². The molecule has 0 bridgehead atoms. The van der Waals surface area contributed by atoms with Crippen molar-refractivity contribution in [1.82, 2.24) is 13.7 Å². The predicted octanol–water partition coefficient (Wildman–Crippen LogP) is 2.00. The molecule has 62 valence electrons. The van der Waals surface area contributed by atoms with Crippen molar-refractivity contribution in [2.24, 2.45) is 0 Å². The van der Waals surface area contributed by atoms with Gasteiger partial charge in [0.15, 0.2) is 0 Å². The second kappa shape index (κ2) is 3.40. The van der Waals surface area contributed by atoms with Gasteiger partial charge >= 0.3 is 0 Å². The number of H-pyrrole nitrogens is 1. The summed E-state index contributed by atoms with van der Waals surface area (Å²) in [4.78, 5) is 0. The quantitative estimate of drug-likeness (QED) is 0.649. The normalized spacial score (nSPS) is 10.8. The highest BCUT2D eigenvalue weighted by Gasteiger charge is 2.01. The van der Waals surface area contributed by atoms with Crippen LogP contribution in [0.3, 0.4) is 0 Å². The molecule has 0 radical (unpaired) electrons. The Kier molecular flexibility index (Phi) is 2.27. The van der Waals surface area contributed by atoms with Crippen molar-refractivity contribution in [1.29, 1.82) is 0 Å². The van der Waals surface area contributed by atoms with Crippen molar-refractivity contribution < 1.29 is 0 Å². The molecule has 0 spiro atoms. The number of aromatic amines is 1. The molecule has 2 N–H and O–H groups in total. The molecule has 0 fully saturated rings. The van der Waals surface area contributed by atoms with Gasteiger partial charge in [-0.05, 0) is 6.07 Å². The van der Waals surface area contributed by atoms with E-state index in [1.165, 1.54) is 5.39 Å². The molecule has 0 atom stereocenters. The van der Waals surface area contributed by atoms with E-state index < -0.39 is 0 Å². The number of hydrogen-bond acceptors (Lipinski definition) is 2. The minimum atomic E-state index is 0.796. The molecular formula is C8H8IN3. The molecule has 3 nitrogen and oxygen atoms in total. The monoisotopic (exact) mass is 273 g/mol. The zero-order valence-electron chi connectivity index (χ0n) is 6.34. The molecule has 0 saturated carbocycles. The highest BCUT2D eigenvalue weighted by Crippen LogP contribution is 2.14. The number of halogens is 1. The SMILES string of the molecule is INCc1n[nH]c2ccccc12. The number of hydrogen-bond donors (Lipinski definition) is 2. The van der Waals surface area contributed by atoms with Gasteiger partial charge in [0.25, 0.3) is 0 Å². The fourth-order valence-corrected chi connectivity index (χ4v) is 1.58. The van der Waals surface area contributed by atoms with E-state index in [0.717, 1.165) is 17.8 Å². The molecule has 0 amide bonds. The topological polar surface area (TPSA) is 40.7 Å². The van der Waals surface area contributed by atoms with E-state index in [1.807, 2.05) is 18.2 Å². The predicted molar refractivity (Wildman–Crippen MR) is 57.0 cm³/mol. The summed E-state index contributed by atoms with van der Waals surface area (Å²) in [5.74, 6) is 0. The summed E-state index contributed by atoms with van der Waals surface area (Å²) in [6, 6.07) is 8.12. The van der Waals surface area contributed by atoms with Crippen LogP contribution in [0.25, 0.3) is 10.9 Å². The Bertz CT molecular complexity index is 382. The Balaban J connectivity index is 2.55. The Labute approximate surface area is 84.0 Å². The first-order chi connectivity index (χ1) is 5.92. The van der Waals surface area contributed by atoms with Gasteiger partial charge in [0.2, 0.25) is 0 Å². The van der Waals surface area contributed by atoms with E-state index in [0.29, 0.717) is 0 Å². The lowest BCUT2D eigenvalue weighted by molar-refractivity contribution is 0.928. The largest absolute Gasteiger partial charge is 0.278 e. The number of nitrogens with one attached hydrogen (secondary N) is 2. The summed E-state index contributed by atoms with van der Waals surface area (Å²) in [5.41, 5.74) is 2.17. The Morgan fingerprint density at radius 1 is 1.42 bits per heavy atom. The number of para-hydroxylation sites is 1. The van der Waals surface area contributed by atoms with Crippen LogP contribution in [-0.2, 0) is 6.54 Å². The molecule has 2 rings (SSSR count). The molecule has 1 aromatic carbocycles. The molecule has 4 heteroatoms. The van der Waals surface area contributed by atoms with Crippen LogP contribution in [0.5, 0.6) is 0 Å². The third-order valence-corrected chi connectivity index (χ3v) is 2.16. The molecule has 0 saturated heterocycles. The second-order valence-corrected chi connectivity index (χ2v) is 3.29. The van der Waals surface area contributed by atoms with E-state index in [-0.39, 0.29) is 0 Å². The van der Waals surface area contributed by atoms with Gasteiger partial charge in [-0.3, -0.25) is 8.63 Å². The Morgan fingerprint density at radius 2 is 2.25 bits per heavy atom. The summed E-state index contributed by atoms with van der Waals surface area (Å²) < 4.78 is 3.05. The average Bonchev–Trinajstić information content (AvgIpc) is 2.50. The first kappa shape index (κ1) is 8.00. The van der Waals surface area contributed by atoms with Crippen LogP contribution in [0.1, 0.15) is 5.69 Å². The molecule has 12 heavy (non-hydrogen) atoms. The van der Waals surface area contributed by atoms with Gasteiger partial charge in [0.1, 0.15) is 0 Å². The minimum Gasteiger partial charge on any atom is -0.278 e. The van der Waals surface area contributed by atoms with Crippen LogP contribution >= 0.6 is 22.9 Å². The van der Waals surface area contributed by atoms with E-state index >= 15 is 0 Å². The van der Waals surface area contributed by atoms with Crippen molar-refractivity contribution in [2.75, 3.05) is 0 Å². The summed E-state index contributed by atoms with van der Waals surface area (Å²) in [5, 5.41) is 8.37. The van der Waals surface area contributed by atoms with Crippen LogP contribution in [0, 0.1) is 0 Å². The van der Waals surface area contributed by atoms with Gasteiger partial charge in [-0.1, -0.05) is 18.2 Å². The lowest BCUT2D eigenvalue weighted by atomic mass is 10.2. The fraction of sp³-hybridized carbons (Fsp3) is 0.125. The molecule has 1 aromatic heterocycles. The van der Waals surface area contributed by atoms with Crippen molar-refractivity contribution in [3.63, 3.8) is 0 Å². The molecule has 2 aromatic rings. The number of aromatic nitrogens is 2. The first-order valence-electron chi connectivity index (χ1n) is 3.67. The van der Waals surface area contributed by atoms with Crippen molar-refractivity contribution in [3.8, 4) is 0 Å². The minimum absolute atomic E-state index is 0.796. The van der Waals surface area contributed by atoms with Gasteiger partial charge < -0.3 is 0 Å². The summed E-state index contributed by atoms with van der Waals surface area (Å²) in [7, 11) is 0. The van der Waals surface area contributed by atoms with Crippen molar-refractivity contribution >= 4 is 33.8 Å². The maximum Gasteiger partial charge on any atom is 0.0846 e. The smallest absolute Gasteiger partial charge is 0.0846 e. The summed E-state index contributed by atoms with van der Waals surface area (Å²) >= 11 is 2.12. The van der Waals surface area contributed by atoms with Crippen molar-refractivity contribution in [2.45, 2.75) is 6.54 Å². The van der Waals surface area contributed by atoms with Crippen LogP contribution in [0.15, 0.2) is 24.3 Å². The molecular weight excluding hydrogens is 265 g/mol. The second-order valence-electron chi connectivity index (χ2n) is 2.53. The molecule has 0 aliphatic carbocycles. The molecule has 0 aliphatic heterocycles. The van der Waals surface area contributed by atoms with Gasteiger partial charge in [-0.2, -0.15) is 5.10 Å². The highest BCUT2D eigenvalue weighted by atomic mass is 127. The lowest BCUT2D eigenvalue weighted by Gasteiger charge is -1.92. The summed E-state index contributed by atoms with van der Waals surface area (Å²) in [6.07, 6.45) is 0. The number of rotatable bonds is 2.